The van der Waals surface area contributed by atoms with E-state index in [0.717, 1.165) is 48.6 Å². The van der Waals surface area contributed by atoms with E-state index in [1.807, 2.05) is 12.1 Å². The van der Waals surface area contributed by atoms with Crippen molar-refractivity contribution in [3.05, 3.63) is 99.7 Å². The minimum atomic E-state index is 0.0253. The highest BCUT2D eigenvalue weighted by molar-refractivity contribution is 5.95. The molecular formula is C36H42N4O. The second-order valence-electron chi connectivity index (χ2n) is 13.1. The highest BCUT2D eigenvalue weighted by atomic mass is 16.1. The standard InChI is InChI=1S/C36H42N4O/c1-23-14-19-28(36(4,5)6)20-32(23)39-21-30-31(22-39)38-40(33-24(2)10-9-11-25(33)3)34(30)26-15-17-27(18-16-26)35(41)37-29-12-7-8-13-29/h9-11,14-20,29H,7-8,12-13,21-22H2,1-6H3,(H,37,41). The number of fused-ring (bicyclic) bond motifs is 1. The fraction of sp³-hybridized carbons (Fsp3) is 0.389. The number of hydrogen-bond acceptors (Lipinski definition) is 3. The molecule has 0 bridgehead atoms. The maximum absolute atomic E-state index is 13.0. The van der Waals surface area contributed by atoms with Gasteiger partial charge in [0.2, 0.25) is 0 Å². The van der Waals surface area contributed by atoms with Gasteiger partial charge in [-0.1, -0.05) is 76.1 Å². The van der Waals surface area contributed by atoms with Gasteiger partial charge in [0.25, 0.3) is 5.91 Å². The molecule has 0 atom stereocenters. The van der Waals surface area contributed by atoms with Gasteiger partial charge < -0.3 is 10.2 Å². The van der Waals surface area contributed by atoms with Crippen LogP contribution in [0.2, 0.25) is 0 Å². The van der Waals surface area contributed by atoms with E-state index in [2.05, 4.69) is 105 Å². The number of benzene rings is 3. The van der Waals surface area contributed by atoms with Crippen LogP contribution in [0.15, 0.2) is 60.7 Å². The molecule has 0 radical (unpaired) electrons. The van der Waals surface area contributed by atoms with Gasteiger partial charge in [0.15, 0.2) is 0 Å². The number of carbonyl (C=O) groups excluding carboxylic acids is 1. The highest BCUT2D eigenvalue weighted by Crippen LogP contribution is 2.39. The lowest BCUT2D eigenvalue weighted by molar-refractivity contribution is 0.0938. The van der Waals surface area contributed by atoms with Gasteiger partial charge in [0.05, 0.1) is 23.6 Å². The molecule has 212 valence electrons. The van der Waals surface area contributed by atoms with Gasteiger partial charge in [-0.2, -0.15) is 5.10 Å². The number of hydrogen-bond donors (Lipinski definition) is 1. The van der Waals surface area contributed by atoms with Gasteiger partial charge in [-0.15, -0.1) is 0 Å². The lowest BCUT2D eigenvalue weighted by Crippen LogP contribution is -2.32. The SMILES string of the molecule is Cc1ccc(C(C)(C)C)cc1N1Cc2nn(-c3c(C)cccc3C)c(-c3ccc(C(=O)NC4CCCC4)cc3)c2C1. The summed E-state index contributed by atoms with van der Waals surface area (Å²) in [7, 11) is 0. The Morgan fingerprint density at radius 3 is 2.22 bits per heavy atom. The van der Waals surface area contributed by atoms with Crippen LogP contribution in [0, 0.1) is 20.8 Å². The monoisotopic (exact) mass is 546 g/mol. The third-order valence-corrected chi connectivity index (χ3v) is 8.93. The highest BCUT2D eigenvalue weighted by Gasteiger charge is 2.31. The number of anilines is 1. The molecular weight excluding hydrogens is 504 g/mol. The quantitative estimate of drug-likeness (QED) is 0.276. The summed E-state index contributed by atoms with van der Waals surface area (Å²) in [6, 6.07) is 21.7. The van der Waals surface area contributed by atoms with Crippen molar-refractivity contribution < 1.29 is 4.79 Å². The smallest absolute Gasteiger partial charge is 0.251 e. The molecule has 2 heterocycles. The van der Waals surface area contributed by atoms with Crippen molar-refractivity contribution in [1.82, 2.24) is 15.1 Å². The number of para-hydroxylation sites is 1. The maximum Gasteiger partial charge on any atom is 0.251 e. The Morgan fingerprint density at radius 2 is 1.56 bits per heavy atom. The summed E-state index contributed by atoms with van der Waals surface area (Å²) in [5.41, 5.74) is 12.8. The van der Waals surface area contributed by atoms with Crippen LogP contribution in [0.3, 0.4) is 0 Å². The molecule has 1 fully saturated rings. The zero-order valence-corrected chi connectivity index (χ0v) is 25.3. The molecule has 0 spiro atoms. The Morgan fingerprint density at radius 1 is 0.878 bits per heavy atom. The molecule has 41 heavy (non-hydrogen) atoms. The minimum Gasteiger partial charge on any atom is -0.361 e. The van der Waals surface area contributed by atoms with E-state index in [9.17, 15) is 4.79 Å². The van der Waals surface area contributed by atoms with Crippen LogP contribution in [0.4, 0.5) is 5.69 Å². The molecule has 1 aromatic heterocycles. The van der Waals surface area contributed by atoms with E-state index in [-0.39, 0.29) is 11.3 Å². The number of carbonyl (C=O) groups is 1. The molecule has 1 N–H and O–H groups in total. The van der Waals surface area contributed by atoms with Gasteiger partial charge in [-0.05, 0) is 79.5 Å². The number of amides is 1. The number of nitrogens with one attached hydrogen (secondary N) is 1. The van der Waals surface area contributed by atoms with Crippen LogP contribution in [-0.2, 0) is 18.5 Å². The van der Waals surface area contributed by atoms with E-state index >= 15 is 0 Å². The summed E-state index contributed by atoms with van der Waals surface area (Å²) in [6.45, 7) is 14.9. The molecule has 5 nitrogen and oxygen atoms in total. The summed E-state index contributed by atoms with van der Waals surface area (Å²) in [5, 5.41) is 8.48. The van der Waals surface area contributed by atoms with Crippen LogP contribution >= 0.6 is 0 Å². The van der Waals surface area contributed by atoms with Crippen LogP contribution in [0.1, 0.15) is 90.3 Å². The third kappa shape index (κ3) is 5.18. The van der Waals surface area contributed by atoms with Crippen LogP contribution in [-0.4, -0.2) is 21.7 Å². The lowest BCUT2D eigenvalue weighted by atomic mass is 9.86. The lowest BCUT2D eigenvalue weighted by Gasteiger charge is -2.26. The molecule has 5 heteroatoms. The molecule has 6 rings (SSSR count). The Labute approximate surface area is 244 Å². The van der Waals surface area contributed by atoms with Crippen LogP contribution < -0.4 is 10.2 Å². The second kappa shape index (κ2) is 10.5. The fourth-order valence-corrected chi connectivity index (χ4v) is 6.52. The van der Waals surface area contributed by atoms with E-state index in [1.165, 1.54) is 46.3 Å². The van der Waals surface area contributed by atoms with Gasteiger partial charge in [0, 0.05) is 35.0 Å². The molecule has 4 aromatic rings. The Bertz CT molecular complexity index is 1580. The first kappa shape index (κ1) is 27.3. The zero-order valence-electron chi connectivity index (χ0n) is 25.3. The maximum atomic E-state index is 13.0. The first-order valence-electron chi connectivity index (χ1n) is 15.0. The molecule has 3 aromatic carbocycles. The molecule has 1 aliphatic heterocycles. The average Bonchev–Trinajstić information content (AvgIpc) is 3.65. The normalized spacial score (nSPS) is 15.4. The first-order chi connectivity index (χ1) is 19.6. The van der Waals surface area contributed by atoms with Gasteiger partial charge in [-0.25, -0.2) is 4.68 Å². The largest absolute Gasteiger partial charge is 0.361 e. The van der Waals surface area contributed by atoms with Crippen LogP contribution in [0.5, 0.6) is 0 Å². The Balaban J connectivity index is 1.39. The van der Waals surface area contributed by atoms with Crippen molar-refractivity contribution in [3.63, 3.8) is 0 Å². The second-order valence-corrected chi connectivity index (χ2v) is 13.1. The summed E-state index contributed by atoms with van der Waals surface area (Å²) >= 11 is 0. The Hall–Kier alpha value is -3.86. The minimum absolute atomic E-state index is 0.0253. The number of nitrogens with zero attached hydrogens (tertiary/aromatic N) is 3. The van der Waals surface area contributed by atoms with Crippen molar-refractivity contribution >= 4 is 11.6 Å². The molecule has 1 amide bonds. The number of aromatic nitrogens is 2. The predicted molar refractivity (Wildman–Crippen MR) is 168 cm³/mol. The summed E-state index contributed by atoms with van der Waals surface area (Å²) in [4.78, 5) is 15.4. The van der Waals surface area contributed by atoms with E-state index < -0.39 is 0 Å². The zero-order chi connectivity index (χ0) is 28.9. The predicted octanol–water partition coefficient (Wildman–Crippen LogP) is 7.95. The summed E-state index contributed by atoms with van der Waals surface area (Å²) in [6.07, 6.45) is 4.57. The first-order valence-corrected chi connectivity index (χ1v) is 15.0. The molecule has 1 aliphatic carbocycles. The number of rotatable bonds is 5. The molecule has 0 saturated heterocycles. The van der Waals surface area contributed by atoms with E-state index in [0.29, 0.717) is 11.6 Å². The Kier molecular flexibility index (Phi) is 7.01. The van der Waals surface area contributed by atoms with Crippen molar-refractivity contribution in [2.45, 2.75) is 91.8 Å². The van der Waals surface area contributed by atoms with E-state index in [1.54, 1.807) is 0 Å². The molecule has 1 saturated carbocycles. The van der Waals surface area contributed by atoms with Crippen LogP contribution in [0.25, 0.3) is 16.9 Å². The van der Waals surface area contributed by atoms with Gasteiger partial charge in [0.1, 0.15) is 0 Å². The van der Waals surface area contributed by atoms with Crippen molar-refractivity contribution in [2.24, 2.45) is 0 Å². The van der Waals surface area contributed by atoms with E-state index in [4.69, 9.17) is 5.10 Å². The molecule has 0 unspecified atom stereocenters. The van der Waals surface area contributed by atoms with Gasteiger partial charge in [-0.3, -0.25) is 4.79 Å². The third-order valence-electron chi connectivity index (χ3n) is 8.93. The topological polar surface area (TPSA) is 50.2 Å². The fourth-order valence-electron chi connectivity index (χ4n) is 6.52. The average molecular weight is 547 g/mol. The van der Waals surface area contributed by atoms with Gasteiger partial charge >= 0.3 is 0 Å². The van der Waals surface area contributed by atoms with Crippen molar-refractivity contribution in [3.8, 4) is 16.9 Å². The molecule has 2 aliphatic rings. The summed E-state index contributed by atoms with van der Waals surface area (Å²) in [5.74, 6) is 0.0253. The van der Waals surface area contributed by atoms with Crippen molar-refractivity contribution in [2.75, 3.05) is 4.90 Å². The van der Waals surface area contributed by atoms with Crippen molar-refractivity contribution in [1.29, 1.82) is 0 Å². The summed E-state index contributed by atoms with van der Waals surface area (Å²) < 4.78 is 2.15. The number of aryl methyl sites for hydroxylation is 3.